The molecule has 0 bridgehead atoms. The van der Waals surface area contributed by atoms with E-state index >= 15 is 0 Å². The van der Waals surface area contributed by atoms with Gasteiger partial charge in [-0.2, -0.15) is 0 Å². The van der Waals surface area contributed by atoms with Crippen LogP contribution >= 0.6 is 0 Å². The van der Waals surface area contributed by atoms with Crippen molar-refractivity contribution in [2.45, 2.75) is 79.6 Å². The number of hydrogen-bond donors (Lipinski definition) is 2. The number of hydrogen-bond acceptors (Lipinski definition) is 4. The summed E-state index contributed by atoms with van der Waals surface area (Å²) < 4.78 is 0. The Morgan fingerprint density at radius 2 is 0.667 bits per heavy atom. The molecule has 0 unspecified atom stereocenters. The van der Waals surface area contributed by atoms with Gasteiger partial charge in [0.2, 0.25) is 0 Å². The molecule has 0 spiro atoms. The van der Waals surface area contributed by atoms with Gasteiger partial charge in [-0.1, -0.05) is 0 Å². The summed E-state index contributed by atoms with van der Waals surface area (Å²) >= 11 is 0. The molecule has 0 fully saturated rings. The van der Waals surface area contributed by atoms with Crippen LogP contribution in [-0.2, 0) is 0 Å². The summed E-state index contributed by atoms with van der Waals surface area (Å²) in [5, 5.41) is 6.28. The predicted octanol–water partition coefficient (Wildman–Crippen LogP) is 3.14. The zero-order chi connectivity index (χ0) is 19.7. The average molecular weight is 496 g/mol. The Balaban J connectivity index is 0.000000483. The standard InChI is InChI=1S/2C10H17N3.Ba/c2*1-7(2)11-9-5-6-10(13-9)12-8(3)4;/h2*5-8H,1-4H3,(H,11,12,13);. The minimum atomic E-state index is 0. The molecule has 0 aromatic carbocycles. The van der Waals surface area contributed by atoms with E-state index in [1.54, 1.807) is 0 Å². The van der Waals surface area contributed by atoms with Gasteiger partial charge in [0.25, 0.3) is 0 Å². The molecule has 2 aliphatic rings. The molecule has 2 N–H and O–H groups in total. The van der Waals surface area contributed by atoms with Gasteiger partial charge >= 0.3 is 0 Å². The maximum Gasteiger partial charge on any atom is 0.126 e. The molecule has 7 heteroatoms. The molecule has 27 heavy (non-hydrogen) atoms. The molecule has 146 valence electrons. The van der Waals surface area contributed by atoms with Gasteiger partial charge < -0.3 is 10.6 Å². The van der Waals surface area contributed by atoms with Crippen molar-refractivity contribution in [2.24, 2.45) is 20.0 Å². The van der Waals surface area contributed by atoms with Crippen LogP contribution in [0.25, 0.3) is 0 Å². The molecule has 0 saturated heterocycles. The van der Waals surface area contributed by atoms with Gasteiger partial charge in [0.1, 0.15) is 23.3 Å². The van der Waals surface area contributed by atoms with Crippen LogP contribution in [0.2, 0.25) is 0 Å². The summed E-state index contributed by atoms with van der Waals surface area (Å²) in [7, 11) is 0. The van der Waals surface area contributed by atoms with Crippen LogP contribution in [0, 0.1) is 0 Å². The number of nitrogens with zero attached hydrogens (tertiary/aromatic N) is 4. The van der Waals surface area contributed by atoms with Gasteiger partial charge in [-0.05, 0) is 79.7 Å². The molecule has 0 amide bonds. The molecule has 6 nitrogen and oxygen atoms in total. The first-order valence-electron chi connectivity index (χ1n) is 9.37. The minimum absolute atomic E-state index is 0. The number of amidine groups is 4. The smallest absolute Gasteiger partial charge is 0.126 e. The zero-order valence-corrected chi connectivity index (χ0v) is 22.6. The maximum atomic E-state index is 4.37. The summed E-state index contributed by atoms with van der Waals surface area (Å²) in [4.78, 5) is 17.5. The SMILES string of the molecule is CC(C)N=C1C=CC(=NC(C)C)N1.CC(C)N=C1C=CC(=NC(C)C)N1.[Ba]. The van der Waals surface area contributed by atoms with E-state index in [0.717, 1.165) is 23.3 Å². The van der Waals surface area contributed by atoms with Crippen molar-refractivity contribution in [3.8, 4) is 0 Å². The Bertz CT molecular complexity index is 529. The summed E-state index contributed by atoms with van der Waals surface area (Å²) in [5.74, 6) is 3.65. The fourth-order valence-electron chi connectivity index (χ4n) is 2.16. The van der Waals surface area contributed by atoms with Gasteiger partial charge in [0.05, 0.1) is 0 Å². The number of aliphatic imine (C=N–C) groups is 4. The third-order valence-corrected chi connectivity index (χ3v) is 2.90. The fourth-order valence-corrected chi connectivity index (χ4v) is 2.16. The van der Waals surface area contributed by atoms with Crippen LogP contribution in [-0.4, -0.2) is 96.4 Å². The summed E-state index contributed by atoms with van der Waals surface area (Å²) in [6.45, 7) is 16.4. The van der Waals surface area contributed by atoms with E-state index in [0.29, 0.717) is 24.2 Å². The van der Waals surface area contributed by atoms with Crippen molar-refractivity contribution in [2.75, 3.05) is 0 Å². The quantitative estimate of drug-likeness (QED) is 0.588. The number of nitrogens with one attached hydrogen (secondary N) is 2. The first-order chi connectivity index (χ1) is 12.2. The van der Waals surface area contributed by atoms with Gasteiger partial charge in [-0.25, -0.2) is 0 Å². The van der Waals surface area contributed by atoms with E-state index in [2.05, 4.69) is 86.0 Å². The molecule has 2 aliphatic heterocycles. The van der Waals surface area contributed by atoms with Crippen LogP contribution < -0.4 is 10.6 Å². The first-order valence-corrected chi connectivity index (χ1v) is 9.37. The van der Waals surface area contributed by atoms with Crippen LogP contribution in [0.1, 0.15) is 55.4 Å². The topological polar surface area (TPSA) is 73.5 Å². The van der Waals surface area contributed by atoms with Gasteiger partial charge in [-0.15, -0.1) is 0 Å². The molecule has 0 atom stereocenters. The second kappa shape index (κ2) is 13.5. The summed E-state index contributed by atoms with van der Waals surface area (Å²) in [5.41, 5.74) is 0. The largest absolute Gasteiger partial charge is 0.326 e. The molecule has 0 saturated carbocycles. The predicted molar refractivity (Wildman–Crippen MR) is 121 cm³/mol. The van der Waals surface area contributed by atoms with Crippen molar-refractivity contribution >= 4 is 72.2 Å². The van der Waals surface area contributed by atoms with Gasteiger partial charge in [0, 0.05) is 73.0 Å². The molecule has 0 aromatic rings. The van der Waals surface area contributed by atoms with E-state index in [9.17, 15) is 0 Å². The molecular formula is C20H34BaN6. The Hall–Kier alpha value is -0.669. The van der Waals surface area contributed by atoms with Crippen LogP contribution in [0.5, 0.6) is 0 Å². The summed E-state index contributed by atoms with van der Waals surface area (Å²) in [6.07, 6.45) is 7.84. The molecule has 2 rings (SSSR count). The Morgan fingerprint density at radius 3 is 0.815 bits per heavy atom. The number of rotatable bonds is 4. The molecule has 2 heterocycles. The van der Waals surface area contributed by atoms with E-state index < -0.39 is 0 Å². The Morgan fingerprint density at radius 1 is 0.481 bits per heavy atom. The molecule has 0 aromatic heterocycles. The maximum absolute atomic E-state index is 4.37. The second-order valence-corrected chi connectivity index (χ2v) is 7.35. The first kappa shape index (κ1) is 26.3. The average Bonchev–Trinajstić information content (AvgIpc) is 3.07. The van der Waals surface area contributed by atoms with E-state index in [1.807, 2.05) is 24.3 Å². The fraction of sp³-hybridized carbons (Fsp3) is 0.600. The van der Waals surface area contributed by atoms with Crippen molar-refractivity contribution in [1.29, 1.82) is 0 Å². The normalized spacial score (nSPS) is 21.5. The van der Waals surface area contributed by atoms with E-state index in [4.69, 9.17) is 0 Å². The monoisotopic (exact) mass is 496 g/mol. The zero-order valence-electron chi connectivity index (χ0n) is 18.1. The molecule has 2 radical (unpaired) electrons. The third kappa shape index (κ3) is 12.4. The van der Waals surface area contributed by atoms with Crippen molar-refractivity contribution in [1.82, 2.24) is 10.6 Å². The molecule has 0 aliphatic carbocycles. The Labute approximate surface area is 205 Å². The Kier molecular flexibility index (Phi) is 13.2. The third-order valence-electron chi connectivity index (χ3n) is 2.90. The van der Waals surface area contributed by atoms with Crippen LogP contribution in [0.4, 0.5) is 0 Å². The van der Waals surface area contributed by atoms with Gasteiger partial charge in [0.15, 0.2) is 0 Å². The second-order valence-electron chi connectivity index (χ2n) is 7.35. The van der Waals surface area contributed by atoms with Crippen molar-refractivity contribution in [3.05, 3.63) is 24.3 Å². The van der Waals surface area contributed by atoms with Crippen LogP contribution in [0.3, 0.4) is 0 Å². The van der Waals surface area contributed by atoms with Crippen molar-refractivity contribution < 1.29 is 0 Å². The van der Waals surface area contributed by atoms with Gasteiger partial charge in [-0.3, -0.25) is 20.0 Å². The van der Waals surface area contributed by atoms with Crippen LogP contribution in [0.15, 0.2) is 44.3 Å². The summed E-state index contributed by atoms with van der Waals surface area (Å²) in [6, 6.07) is 1.30. The minimum Gasteiger partial charge on any atom is -0.326 e. The molecular weight excluding hydrogens is 462 g/mol. The van der Waals surface area contributed by atoms with E-state index in [-0.39, 0.29) is 48.9 Å². The van der Waals surface area contributed by atoms with E-state index in [1.165, 1.54) is 0 Å². The van der Waals surface area contributed by atoms with Crippen molar-refractivity contribution in [3.63, 3.8) is 0 Å².